The molecule has 0 radical (unpaired) electrons. The van der Waals surface area contributed by atoms with Crippen molar-refractivity contribution < 1.29 is 14.3 Å². The molecule has 0 unspecified atom stereocenters. The molecule has 1 amide bonds. The highest BCUT2D eigenvalue weighted by Gasteiger charge is 2.17. The number of hydrogen-bond acceptors (Lipinski definition) is 7. The van der Waals surface area contributed by atoms with Crippen LogP contribution in [0.25, 0.3) is 10.2 Å². The van der Waals surface area contributed by atoms with Crippen molar-refractivity contribution in [2.75, 3.05) is 17.7 Å². The Hall–Kier alpha value is -3.00. The number of amides is 1. The van der Waals surface area contributed by atoms with Crippen molar-refractivity contribution in [2.24, 2.45) is 0 Å². The van der Waals surface area contributed by atoms with Crippen molar-refractivity contribution in [1.29, 1.82) is 0 Å². The zero-order valence-corrected chi connectivity index (χ0v) is 14.5. The van der Waals surface area contributed by atoms with Crippen LogP contribution in [0.5, 0.6) is 0 Å². The molecule has 25 heavy (non-hydrogen) atoms. The van der Waals surface area contributed by atoms with E-state index in [1.165, 1.54) is 17.7 Å². The largest absolute Gasteiger partial charge is 0.462 e. The summed E-state index contributed by atoms with van der Waals surface area (Å²) in [6.07, 6.45) is 1.33. The number of ether oxygens (including phenoxy) is 1. The van der Waals surface area contributed by atoms with Crippen LogP contribution in [0.15, 0.2) is 29.9 Å². The van der Waals surface area contributed by atoms with Crippen LogP contribution < -0.4 is 11.1 Å². The molecule has 0 atom stereocenters. The molecule has 1 aromatic carbocycles. The average Bonchev–Trinajstić information content (AvgIpc) is 3.02. The van der Waals surface area contributed by atoms with Gasteiger partial charge in [0.05, 0.1) is 28.0 Å². The predicted molar refractivity (Wildman–Crippen MR) is 96.9 cm³/mol. The minimum absolute atomic E-state index is 0.288. The van der Waals surface area contributed by atoms with Gasteiger partial charge in [-0.05, 0) is 31.5 Å². The third-order valence-electron chi connectivity index (χ3n) is 3.62. The summed E-state index contributed by atoms with van der Waals surface area (Å²) in [7, 11) is 0. The van der Waals surface area contributed by atoms with Gasteiger partial charge in [-0.1, -0.05) is 6.07 Å². The van der Waals surface area contributed by atoms with Crippen molar-refractivity contribution in [3.05, 3.63) is 46.6 Å². The first-order valence-electron chi connectivity index (χ1n) is 7.58. The van der Waals surface area contributed by atoms with E-state index in [0.717, 1.165) is 5.56 Å². The van der Waals surface area contributed by atoms with E-state index in [1.54, 1.807) is 30.5 Å². The number of nitrogens with two attached hydrogens (primary N) is 1. The molecule has 0 aliphatic carbocycles. The number of thiophene rings is 1. The topological polar surface area (TPSA) is 107 Å². The second-order valence-electron chi connectivity index (χ2n) is 5.29. The van der Waals surface area contributed by atoms with Crippen LogP contribution in [-0.2, 0) is 4.74 Å². The maximum atomic E-state index is 12.6. The summed E-state index contributed by atoms with van der Waals surface area (Å²) in [4.78, 5) is 32.6. The van der Waals surface area contributed by atoms with Crippen molar-refractivity contribution in [1.82, 2.24) is 9.97 Å². The van der Waals surface area contributed by atoms with E-state index in [9.17, 15) is 9.59 Å². The highest BCUT2D eigenvalue weighted by molar-refractivity contribution is 7.18. The molecule has 8 heteroatoms. The molecular weight excluding hydrogens is 340 g/mol. The first-order valence-corrected chi connectivity index (χ1v) is 8.46. The number of nitrogen functional groups attached to an aromatic ring is 1. The third-order valence-corrected chi connectivity index (χ3v) is 4.61. The molecule has 7 nitrogen and oxygen atoms in total. The maximum Gasteiger partial charge on any atom is 0.338 e. The fourth-order valence-corrected chi connectivity index (χ4v) is 3.22. The molecule has 128 valence electrons. The summed E-state index contributed by atoms with van der Waals surface area (Å²) in [5.74, 6) is -0.414. The summed E-state index contributed by atoms with van der Waals surface area (Å²) in [5.41, 5.74) is 8.47. The van der Waals surface area contributed by atoms with E-state index in [1.807, 2.05) is 6.92 Å². The fraction of sp³-hybridized carbons (Fsp3) is 0.176. The van der Waals surface area contributed by atoms with Crippen molar-refractivity contribution in [3.8, 4) is 0 Å². The monoisotopic (exact) mass is 356 g/mol. The van der Waals surface area contributed by atoms with Crippen LogP contribution in [0.4, 0.5) is 11.5 Å². The second-order valence-corrected chi connectivity index (χ2v) is 6.17. The van der Waals surface area contributed by atoms with E-state index in [4.69, 9.17) is 10.5 Å². The van der Waals surface area contributed by atoms with E-state index in [-0.39, 0.29) is 12.5 Å². The minimum Gasteiger partial charge on any atom is -0.462 e. The molecule has 0 bridgehead atoms. The molecule has 0 aliphatic heterocycles. The van der Waals surface area contributed by atoms with Crippen LogP contribution in [0.1, 0.15) is 33.2 Å². The van der Waals surface area contributed by atoms with E-state index in [0.29, 0.717) is 32.8 Å². The van der Waals surface area contributed by atoms with Gasteiger partial charge in [0.2, 0.25) is 0 Å². The van der Waals surface area contributed by atoms with Gasteiger partial charge >= 0.3 is 5.97 Å². The lowest BCUT2D eigenvalue weighted by molar-refractivity contribution is 0.0526. The molecule has 3 rings (SSSR count). The van der Waals surface area contributed by atoms with Crippen LogP contribution in [0, 0.1) is 6.92 Å². The summed E-state index contributed by atoms with van der Waals surface area (Å²) >= 11 is 1.31. The Morgan fingerprint density at radius 3 is 2.88 bits per heavy atom. The number of fused-ring (bicyclic) bond motifs is 1. The molecule has 3 N–H and O–H groups in total. The Morgan fingerprint density at radius 1 is 1.32 bits per heavy atom. The van der Waals surface area contributed by atoms with Gasteiger partial charge in [-0.3, -0.25) is 4.79 Å². The van der Waals surface area contributed by atoms with E-state index >= 15 is 0 Å². The Balaban J connectivity index is 1.91. The lowest BCUT2D eigenvalue weighted by Crippen LogP contribution is -2.14. The maximum absolute atomic E-state index is 12.6. The number of benzene rings is 1. The van der Waals surface area contributed by atoms with Crippen LogP contribution >= 0.6 is 11.3 Å². The zero-order chi connectivity index (χ0) is 18.0. The second kappa shape index (κ2) is 6.86. The number of anilines is 2. The molecular formula is C17H16N4O3S. The van der Waals surface area contributed by atoms with E-state index in [2.05, 4.69) is 15.3 Å². The van der Waals surface area contributed by atoms with Crippen LogP contribution in [0.3, 0.4) is 0 Å². The number of hydrogen-bond donors (Lipinski definition) is 2. The Kier molecular flexibility index (Phi) is 4.62. The lowest BCUT2D eigenvalue weighted by Gasteiger charge is -2.10. The number of nitrogens with one attached hydrogen (secondary N) is 1. The quantitative estimate of drug-likeness (QED) is 0.696. The molecule has 0 spiro atoms. The first kappa shape index (κ1) is 16.8. The first-order chi connectivity index (χ1) is 12.0. The third kappa shape index (κ3) is 3.29. The predicted octanol–water partition coefficient (Wildman–Crippen LogP) is 3.01. The number of carbonyl (C=O) groups excluding carboxylic acids is 2. The lowest BCUT2D eigenvalue weighted by atomic mass is 10.1. The van der Waals surface area contributed by atoms with Crippen molar-refractivity contribution in [3.63, 3.8) is 0 Å². The minimum atomic E-state index is -0.431. The van der Waals surface area contributed by atoms with Gasteiger partial charge in [0, 0.05) is 11.1 Å². The van der Waals surface area contributed by atoms with Gasteiger partial charge in [0.15, 0.2) is 0 Å². The fourth-order valence-electron chi connectivity index (χ4n) is 2.32. The van der Waals surface area contributed by atoms with Crippen LogP contribution in [0.2, 0.25) is 0 Å². The van der Waals surface area contributed by atoms with Gasteiger partial charge in [0.25, 0.3) is 5.91 Å². The van der Waals surface area contributed by atoms with Crippen molar-refractivity contribution in [2.45, 2.75) is 13.8 Å². The zero-order valence-electron chi connectivity index (χ0n) is 13.7. The van der Waals surface area contributed by atoms with Crippen molar-refractivity contribution >= 4 is 44.9 Å². The Labute approximate surface area is 147 Å². The average molecular weight is 356 g/mol. The highest BCUT2D eigenvalue weighted by Crippen LogP contribution is 2.28. The molecule has 2 aromatic heterocycles. The van der Waals surface area contributed by atoms with Crippen LogP contribution in [-0.4, -0.2) is 28.5 Å². The number of aromatic nitrogens is 2. The summed E-state index contributed by atoms with van der Waals surface area (Å²) in [5, 5.41) is 4.51. The molecule has 0 saturated heterocycles. The number of rotatable bonds is 4. The smallest absolute Gasteiger partial charge is 0.338 e. The van der Waals surface area contributed by atoms with Gasteiger partial charge in [0.1, 0.15) is 12.1 Å². The standard InChI is InChI=1S/C17H16N4O3S/c1-3-24-17(23)10-5-4-9(2)12(6-10)21-16(22)11-7-25-14-13(11)19-8-20-15(14)18/h4-8H,3H2,1-2H3,(H,21,22)(H2,18,19,20). The van der Waals surface area contributed by atoms with Gasteiger partial charge in [-0.25, -0.2) is 14.8 Å². The van der Waals surface area contributed by atoms with Gasteiger partial charge in [-0.15, -0.1) is 11.3 Å². The number of nitrogens with zero attached hydrogens (tertiary/aromatic N) is 2. The SMILES string of the molecule is CCOC(=O)c1ccc(C)c(NC(=O)c2csc3c(N)ncnc23)c1. The van der Waals surface area contributed by atoms with Gasteiger partial charge < -0.3 is 15.8 Å². The molecule has 0 aliphatic rings. The highest BCUT2D eigenvalue weighted by atomic mass is 32.1. The Bertz CT molecular complexity index is 968. The number of carbonyl (C=O) groups is 2. The molecule has 3 aromatic rings. The summed E-state index contributed by atoms with van der Waals surface area (Å²) < 4.78 is 5.66. The van der Waals surface area contributed by atoms with E-state index < -0.39 is 5.97 Å². The molecule has 2 heterocycles. The van der Waals surface area contributed by atoms with Gasteiger partial charge in [-0.2, -0.15) is 0 Å². The number of esters is 1. The number of aryl methyl sites for hydroxylation is 1. The molecule has 0 fully saturated rings. The Morgan fingerprint density at radius 2 is 2.12 bits per heavy atom. The summed E-state index contributed by atoms with van der Waals surface area (Å²) in [6, 6.07) is 5.02. The molecule has 0 saturated carbocycles. The summed E-state index contributed by atoms with van der Waals surface area (Å²) in [6.45, 7) is 3.87. The normalized spacial score (nSPS) is 10.6.